The molecule has 1 amide bonds. The van der Waals surface area contributed by atoms with E-state index in [2.05, 4.69) is 32.2 Å². The van der Waals surface area contributed by atoms with E-state index < -0.39 is 0 Å². The molecule has 1 N–H and O–H groups in total. The first kappa shape index (κ1) is 21.6. The minimum Gasteiger partial charge on any atom is -0.351 e. The minimum atomic E-state index is -0.153. The number of hydrogen-bond donors (Lipinski definition) is 1. The number of hydrogen-bond acceptors (Lipinski definition) is 7. The van der Waals surface area contributed by atoms with Crippen LogP contribution in [0.4, 0.5) is 0 Å². The summed E-state index contributed by atoms with van der Waals surface area (Å²) in [6.45, 7) is 4.44. The van der Waals surface area contributed by atoms with Gasteiger partial charge in [-0.15, -0.1) is 16.8 Å². The Bertz CT molecular complexity index is 1540. The zero-order valence-electron chi connectivity index (χ0n) is 18.0. The number of aromatic nitrogens is 7. The molecule has 0 saturated heterocycles. The molecule has 5 rings (SSSR count). The lowest BCUT2D eigenvalue weighted by Crippen LogP contribution is -2.25. The second kappa shape index (κ2) is 9.32. The maximum Gasteiger partial charge on any atom is 0.263 e. The monoisotopic (exact) mass is 472 g/mol. The number of carbonyl (C=O) groups is 1. The predicted molar refractivity (Wildman–Crippen MR) is 129 cm³/mol. The first-order valence-corrected chi connectivity index (χ1v) is 11.5. The van der Waals surface area contributed by atoms with Gasteiger partial charge in [0.15, 0.2) is 5.16 Å². The van der Waals surface area contributed by atoms with Gasteiger partial charge in [0, 0.05) is 13.1 Å². The lowest BCUT2D eigenvalue weighted by atomic mass is 10.2. The van der Waals surface area contributed by atoms with E-state index in [9.17, 15) is 9.59 Å². The molecule has 170 valence electrons. The molecule has 3 heterocycles. The highest BCUT2D eigenvalue weighted by Crippen LogP contribution is 2.21. The third-order valence-electron chi connectivity index (χ3n) is 5.23. The molecule has 10 nitrogen and oxygen atoms in total. The molecular weight excluding hydrogens is 452 g/mol. The number of benzene rings is 2. The lowest BCUT2D eigenvalue weighted by molar-refractivity contribution is -0.118. The largest absolute Gasteiger partial charge is 0.351 e. The smallest absolute Gasteiger partial charge is 0.263 e. The van der Waals surface area contributed by atoms with Crippen molar-refractivity contribution < 1.29 is 4.79 Å². The molecule has 0 unspecified atom stereocenters. The molecule has 2 aromatic carbocycles. The highest BCUT2D eigenvalue weighted by molar-refractivity contribution is 7.99. The van der Waals surface area contributed by atoms with Gasteiger partial charge in [-0.3, -0.25) is 18.6 Å². The van der Waals surface area contributed by atoms with Gasteiger partial charge in [-0.2, -0.15) is 5.10 Å². The summed E-state index contributed by atoms with van der Waals surface area (Å²) in [6.07, 6.45) is 4.75. The number of thioether (sulfide) groups is 1. The summed E-state index contributed by atoms with van der Waals surface area (Å²) in [5.41, 5.74) is 2.40. The molecular formula is C23H20N8O2S. The molecule has 0 aliphatic heterocycles. The van der Waals surface area contributed by atoms with Crippen molar-refractivity contribution in [2.24, 2.45) is 0 Å². The van der Waals surface area contributed by atoms with Crippen LogP contribution in [0.3, 0.4) is 0 Å². The van der Waals surface area contributed by atoms with Gasteiger partial charge in [-0.1, -0.05) is 42.1 Å². The van der Waals surface area contributed by atoms with E-state index in [0.717, 1.165) is 11.3 Å². The van der Waals surface area contributed by atoms with Crippen LogP contribution in [0.25, 0.3) is 22.4 Å². The Balaban J connectivity index is 1.30. The fourth-order valence-corrected chi connectivity index (χ4v) is 4.38. The SMILES string of the molecule is C=CCn1c(=O)c2ccccc2n2c(SCC(=O)NCc3ccc(-n4cncn4)cc3)nnc12. The molecule has 0 bridgehead atoms. The highest BCUT2D eigenvalue weighted by Gasteiger charge is 2.17. The number of amides is 1. The van der Waals surface area contributed by atoms with Crippen molar-refractivity contribution in [2.45, 2.75) is 18.2 Å². The molecule has 0 aliphatic carbocycles. The Hall–Kier alpha value is -4.25. The summed E-state index contributed by atoms with van der Waals surface area (Å²) in [7, 11) is 0. The number of fused-ring (bicyclic) bond motifs is 3. The molecule has 0 radical (unpaired) electrons. The van der Waals surface area contributed by atoms with Gasteiger partial charge in [-0.25, -0.2) is 9.67 Å². The van der Waals surface area contributed by atoms with Crippen molar-refractivity contribution in [3.05, 3.63) is 89.8 Å². The Morgan fingerprint density at radius 1 is 1.12 bits per heavy atom. The first-order valence-electron chi connectivity index (χ1n) is 10.5. The fourth-order valence-electron chi connectivity index (χ4n) is 3.61. The second-order valence-corrected chi connectivity index (χ2v) is 8.35. The van der Waals surface area contributed by atoms with E-state index >= 15 is 0 Å². The number of para-hydroxylation sites is 1. The molecule has 0 saturated carbocycles. The van der Waals surface area contributed by atoms with Crippen LogP contribution in [-0.2, 0) is 17.9 Å². The van der Waals surface area contributed by atoms with Crippen LogP contribution in [0.2, 0.25) is 0 Å². The van der Waals surface area contributed by atoms with E-state index in [0.29, 0.717) is 34.9 Å². The van der Waals surface area contributed by atoms with Crippen molar-refractivity contribution in [2.75, 3.05) is 5.75 Å². The Morgan fingerprint density at radius 2 is 1.94 bits per heavy atom. The third-order valence-corrected chi connectivity index (χ3v) is 6.16. The fraction of sp³-hybridized carbons (Fsp3) is 0.130. The standard InChI is InChI=1S/C23H20N8O2S/c1-2-11-29-21(33)18-5-3-4-6-19(18)31-22(29)27-28-23(31)34-13-20(32)25-12-16-7-9-17(10-8-16)30-15-24-14-26-30/h2-10,14-15H,1,11-13H2,(H,25,32). The van der Waals surface area contributed by atoms with E-state index in [-0.39, 0.29) is 17.2 Å². The quantitative estimate of drug-likeness (QED) is 0.272. The average molecular weight is 473 g/mol. The molecule has 5 aromatic rings. The van der Waals surface area contributed by atoms with Gasteiger partial charge in [0.25, 0.3) is 5.56 Å². The van der Waals surface area contributed by atoms with Gasteiger partial charge >= 0.3 is 0 Å². The first-order chi connectivity index (χ1) is 16.7. The predicted octanol–water partition coefficient (Wildman–Crippen LogP) is 2.22. The van der Waals surface area contributed by atoms with Crippen LogP contribution in [0.5, 0.6) is 0 Å². The van der Waals surface area contributed by atoms with Gasteiger partial charge < -0.3 is 5.32 Å². The molecule has 0 fully saturated rings. The Morgan fingerprint density at radius 3 is 2.71 bits per heavy atom. The van der Waals surface area contributed by atoms with Gasteiger partial charge in [-0.05, 0) is 29.8 Å². The maximum atomic E-state index is 12.9. The summed E-state index contributed by atoms with van der Waals surface area (Å²) < 4.78 is 5.00. The maximum absolute atomic E-state index is 12.9. The Labute approximate surface area is 198 Å². The summed E-state index contributed by atoms with van der Waals surface area (Å²) in [5, 5.41) is 16.6. The molecule has 0 aliphatic rings. The Kier molecular flexibility index (Phi) is 5.91. The van der Waals surface area contributed by atoms with E-state index in [1.54, 1.807) is 27.6 Å². The van der Waals surface area contributed by atoms with Crippen LogP contribution < -0.4 is 10.9 Å². The van der Waals surface area contributed by atoms with E-state index in [4.69, 9.17) is 0 Å². The number of rotatable bonds is 8. The van der Waals surface area contributed by atoms with E-state index in [1.165, 1.54) is 22.7 Å². The zero-order chi connectivity index (χ0) is 23.5. The van der Waals surface area contributed by atoms with Crippen molar-refractivity contribution in [3.8, 4) is 5.69 Å². The van der Waals surface area contributed by atoms with Crippen LogP contribution in [0, 0.1) is 0 Å². The van der Waals surface area contributed by atoms with Crippen LogP contribution >= 0.6 is 11.8 Å². The number of carbonyl (C=O) groups excluding carboxylic acids is 1. The molecule has 34 heavy (non-hydrogen) atoms. The van der Waals surface area contributed by atoms with Crippen LogP contribution in [0.15, 0.2) is 83.8 Å². The van der Waals surface area contributed by atoms with Crippen molar-refractivity contribution in [1.29, 1.82) is 0 Å². The number of nitrogens with zero attached hydrogens (tertiary/aromatic N) is 7. The van der Waals surface area contributed by atoms with Crippen molar-refractivity contribution in [1.82, 2.24) is 39.2 Å². The molecule has 0 atom stereocenters. The van der Waals surface area contributed by atoms with Crippen LogP contribution in [0.1, 0.15) is 5.56 Å². The minimum absolute atomic E-state index is 0.133. The number of nitrogens with one attached hydrogen (secondary N) is 1. The summed E-state index contributed by atoms with van der Waals surface area (Å²) in [6, 6.07) is 15.0. The summed E-state index contributed by atoms with van der Waals surface area (Å²) in [5.74, 6) is 0.442. The summed E-state index contributed by atoms with van der Waals surface area (Å²) >= 11 is 1.27. The second-order valence-electron chi connectivity index (χ2n) is 7.41. The lowest BCUT2D eigenvalue weighted by Gasteiger charge is -2.10. The molecule has 11 heteroatoms. The normalized spacial score (nSPS) is 11.2. The highest BCUT2D eigenvalue weighted by atomic mass is 32.2. The molecule has 0 spiro atoms. The average Bonchev–Trinajstić information content (AvgIpc) is 3.55. The van der Waals surface area contributed by atoms with Crippen molar-refractivity contribution >= 4 is 34.3 Å². The van der Waals surface area contributed by atoms with Gasteiger partial charge in [0.05, 0.1) is 22.3 Å². The van der Waals surface area contributed by atoms with E-state index in [1.807, 2.05) is 42.5 Å². The van der Waals surface area contributed by atoms with Crippen molar-refractivity contribution in [3.63, 3.8) is 0 Å². The van der Waals surface area contributed by atoms with Gasteiger partial charge in [0.1, 0.15) is 12.7 Å². The van der Waals surface area contributed by atoms with Gasteiger partial charge in [0.2, 0.25) is 11.7 Å². The summed E-state index contributed by atoms with van der Waals surface area (Å²) in [4.78, 5) is 29.3. The molecule has 3 aromatic heterocycles. The van der Waals surface area contributed by atoms with Crippen LogP contribution in [-0.4, -0.2) is 45.6 Å². The number of allylic oxidation sites excluding steroid dienone is 1. The topological polar surface area (TPSA) is 112 Å². The third kappa shape index (κ3) is 4.08. The zero-order valence-corrected chi connectivity index (χ0v) is 18.9.